The summed E-state index contributed by atoms with van der Waals surface area (Å²) in [5.41, 5.74) is 3.30. The lowest BCUT2D eigenvalue weighted by Crippen LogP contribution is -2.37. The average Bonchev–Trinajstić information content (AvgIpc) is 3.16. The van der Waals surface area contributed by atoms with Crippen LogP contribution in [0.2, 0.25) is 0 Å². The third-order valence-electron chi connectivity index (χ3n) is 5.32. The second kappa shape index (κ2) is 8.52. The molecule has 1 amide bonds. The van der Waals surface area contributed by atoms with Crippen LogP contribution in [-0.4, -0.2) is 33.5 Å². The molecule has 0 bridgehead atoms. The summed E-state index contributed by atoms with van der Waals surface area (Å²) in [5, 5.41) is 8.72. The number of carbonyl (C=O) groups is 1. The molecule has 0 saturated heterocycles. The number of thioether (sulfide) groups is 1. The molecule has 0 aliphatic heterocycles. The summed E-state index contributed by atoms with van der Waals surface area (Å²) < 4.78 is 7.25. The van der Waals surface area contributed by atoms with Gasteiger partial charge in [0.05, 0.1) is 41.5 Å². The fourth-order valence-electron chi connectivity index (χ4n) is 3.93. The van der Waals surface area contributed by atoms with E-state index >= 15 is 0 Å². The van der Waals surface area contributed by atoms with E-state index in [1.54, 1.807) is 13.3 Å². The highest BCUT2D eigenvalue weighted by atomic mass is 32.2. The van der Waals surface area contributed by atoms with Gasteiger partial charge < -0.3 is 10.1 Å². The number of hydrogen-bond donors (Lipinski definition) is 1. The third kappa shape index (κ3) is 4.51. The molecule has 1 atom stereocenters. The van der Waals surface area contributed by atoms with Crippen molar-refractivity contribution in [3.63, 3.8) is 0 Å². The Bertz CT molecular complexity index is 1020. The van der Waals surface area contributed by atoms with Crippen molar-refractivity contribution in [3.05, 3.63) is 66.1 Å². The van der Waals surface area contributed by atoms with Crippen LogP contribution in [0, 0.1) is 5.41 Å². The number of aromatic nitrogens is 3. The Hall–Kier alpha value is -2.80. The van der Waals surface area contributed by atoms with Crippen LogP contribution in [0.5, 0.6) is 5.75 Å². The number of ether oxygens (including phenoxy) is 1. The smallest absolute Gasteiger partial charge is 0.230 e. The van der Waals surface area contributed by atoms with Crippen LogP contribution in [0.25, 0.3) is 5.69 Å². The molecule has 2 heterocycles. The van der Waals surface area contributed by atoms with E-state index in [1.165, 1.54) is 11.8 Å². The third-order valence-corrected chi connectivity index (χ3v) is 6.26. The van der Waals surface area contributed by atoms with Crippen molar-refractivity contribution in [2.45, 2.75) is 37.8 Å². The van der Waals surface area contributed by atoms with Gasteiger partial charge in [0.25, 0.3) is 0 Å². The molecule has 0 fully saturated rings. The lowest BCUT2D eigenvalue weighted by Gasteiger charge is -2.36. The predicted octanol–water partition coefficient (Wildman–Crippen LogP) is 4.20. The van der Waals surface area contributed by atoms with Crippen molar-refractivity contribution in [1.29, 1.82) is 0 Å². The van der Waals surface area contributed by atoms with Crippen molar-refractivity contribution < 1.29 is 9.53 Å². The summed E-state index contributed by atoms with van der Waals surface area (Å²) in [5.74, 6) is 1.17. The van der Waals surface area contributed by atoms with Gasteiger partial charge in [0.1, 0.15) is 5.75 Å². The zero-order valence-electron chi connectivity index (χ0n) is 17.5. The molecule has 1 N–H and O–H groups in total. The summed E-state index contributed by atoms with van der Waals surface area (Å²) in [6, 6.07) is 13.5. The van der Waals surface area contributed by atoms with E-state index in [0.29, 0.717) is 5.75 Å². The number of benzene rings is 1. The van der Waals surface area contributed by atoms with E-state index in [4.69, 9.17) is 4.74 Å². The van der Waals surface area contributed by atoms with Crippen LogP contribution in [0.3, 0.4) is 0 Å². The number of carbonyl (C=O) groups excluding carboxylic acids is 1. The van der Waals surface area contributed by atoms with Crippen molar-refractivity contribution in [2.24, 2.45) is 5.41 Å². The van der Waals surface area contributed by atoms with Gasteiger partial charge in [-0.05, 0) is 54.7 Å². The Labute approximate surface area is 181 Å². The maximum Gasteiger partial charge on any atom is 0.230 e. The zero-order valence-corrected chi connectivity index (χ0v) is 18.3. The zero-order chi connectivity index (χ0) is 21.1. The Morgan fingerprint density at radius 3 is 2.77 bits per heavy atom. The molecule has 0 spiro atoms. The van der Waals surface area contributed by atoms with Crippen LogP contribution in [-0.2, 0) is 11.2 Å². The van der Waals surface area contributed by atoms with Crippen LogP contribution in [0.15, 0.2) is 59.9 Å². The van der Waals surface area contributed by atoms with Crippen molar-refractivity contribution in [1.82, 2.24) is 20.1 Å². The van der Waals surface area contributed by atoms with E-state index in [-0.39, 0.29) is 17.4 Å². The quantitative estimate of drug-likeness (QED) is 0.603. The van der Waals surface area contributed by atoms with Crippen LogP contribution >= 0.6 is 11.8 Å². The fraction of sp³-hybridized carbons (Fsp3) is 0.348. The van der Waals surface area contributed by atoms with Gasteiger partial charge in [0.2, 0.25) is 5.91 Å². The molecule has 0 saturated carbocycles. The van der Waals surface area contributed by atoms with Gasteiger partial charge in [-0.3, -0.25) is 4.79 Å². The Kier molecular flexibility index (Phi) is 5.81. The monoisotopic (exact) mass is 422 g/mol. The number of methoxy groups -OCH3 is 1. The molecule has 2 aromatic heterocycles. The highest BCUT2D eigenvalue weighted by Gasteiger charge is 2.36. The molecule has 4 rings (SSSR count). The van der Waals surface area contributed by atoms with E-state index in [2.05, 4.69) is 29.2 Å². The number of rotatable bonds is 6. The first kappa shape index (κ1) is 20.5. The lowest BCUT2D eigenvalue weighted by atomic mass is 9.74. The molecular formula is C23H26N4O2S. The Morgan fingerprint density at radius 1 is 1.27 bits per heavy atom. The van der Waals surface area contributed by atoms with Gasteiger partial charge in [-0.2, -0.15) is 5.10 Å². The molecule has 0 radical (unpaired) electrons. The standard InChI is InChI=1S/C23H26N4O2S/c1-23(2)12-19(26-21(28)15-30-22-6-4-5-11-24-22)18-14-25-27(20(18)13-23)16-7-9-17(29-3)10-8-16/h4-11,14,19H,12-13,15H2,1-3H3,(H,26,28)/t19-/m0/s1. The molecule has 3 aromatic rings. The SMILES string of the molecule is COc1ccc(-n2ncc3c2CC(C)(C)C[C@@H]3NC(=O)CSc2ccccn2)cc1. The predicted molar refractivity (Wildman–Crippen MR) is 118 cm³/mol. The summed E-state index contributed by atoms with van der Waals surface area (Å²) in [6.45, 7) is 4.48. The van der Waals surface area contributed by atoms with Crippen molar-refractivity contribution in [2.75, 3.05) is 12.9 Å². The Balaban J connectivity index is 1.53. The van der Waals surface area contributed by atoms with Crippen LogP contribution in [0.1, 0.15) is 37.6 Å². The summed E-state index contributed by atoms with van der Waals surface area (Å²) in [4.78, 5) is 16.9. The van der Waals surface area contributed by atoms with Crippen molar-refractivity contribution >= 4 is 17.7 Å². The van der Waals surface area contributed by atoms with E-state index in [9.17, 15) is 4.79 Å². The maximum absolute atomic E-state index is 12.7. The average molecular weight is 423 g/mol. The second-order valence-corrected chi connectivity index (χ2v) is 9.27. The van der Waals surface area contributed by atoms with E-state index < -0.39 is 0 Å². The number of nitrogens with zero attached hydrogens (tertiary/aromatic N) is 3. The van der Waals surface area contributed by atoms with Crippen LogP contribution in [0.4, 0.5) is 0 Å². The first-order valence-corrected chi connectivity index (χ1v) is 11.0. The summed E-state index contributed by atoms with van der Waals surface area (Å²) >= 11 is 1.45. The van der Waals surface area contributed by atoms with E-state index in [1.807, 2.05) is 53.3 Å². The summed E-state index contributed by atoms with van der Waals surface area (Å²) in [7, 11) is 1.66. The molecule has 1 aliphatic carbocycles. The van der Waals surface area contributed by atoms with E-state index in [0.717, 1.165) is 40.6 Å². The topological polar surface area (TPSA) is 69.0 Å². The van der Waals surface area contributed by atoms with Gasteiger partial charge in [-0.25, -0.2) is 9.67 Å². The molecule has 7 heteroatoms. The number of hydrogen-bond acceptors (Lipinski definition) is 5. The first-order chi connectivity index (χ1) is 14.4. The van der Waals surface area contributed by atoms with Gasteiger partial charge in [0, 0.05) is 11.8 Å². The van der Waals surface area contributed by atoms with Gasteiger partial charge >= 0.3 is 0 Å². The lowest BCUT2D eigenvalue weighted by molar-refractivity contribution is -0.119. The van der Waals surface area contributed by atoms with Gasteiger partial charge in [-0.15, -0.1) is 0 Å². The first-order valence-electron chi connectivity index (χ1n) is 10.00. The minimum Gasteiger partial charge on any atom is -0.497 e. The minimum atomic E-state index is -0.0485. The van der Waals surface area contributed by atoms with Gasteiger partial charge in [0.15, 0.2) is 0 Å². The van der Waals surface area contributed by atoms with Crippen LogP contribution < -0.4 is 10.1 Å². The number of amides is 1. The normalized spacial score (nSPS) is 17.2. The highest BCUT2D eigenvalue weighted by Crippen LogP contribution is 2.41. The maximum atomic E-state index is 12.7. The highest BCUT2D eigenvalue weighted by molar-refractivity contribution is 7.99. The molecular weight excluding hydrogens is 396 g/mol. The number of fused-ring (bicyclic) bond motifs is 1. The number of nitrogens with one attached hydrogen (secondary N) is 1. The molecule has 30 heavy (non-hydrogen) atoms. The number of pyridine rings is 1. The Morgan fingerprint density at radius 2 is 2.07 bits per heavy atom. The summed E-state index contributed by atoms with van der Waals surface area (Å²) in [6.07, 6.45) is 5.42. The van der Waals surface area contributed by atoms with Gasteiger partial charge in [-0.1, -0.05) is 31.7 Å². The molecule has 156 valence electrons. The molecule has 6 nitrogen and oxygen atoms in total. The second-order valence-electron chi connectivity index (χ2n) is 8.28. The van der Waals surface area contributed by atoms with Crippen molar-refractivity contribution in [3.8, 4) is 11.4 Å². The minimum absolute atomic E-state index is 0.0106. The molecule has 1 aromatic carbocycles. The molecule has 0 unspecified atom stereocenters. The fourth-order valence-corrected chi connectivity index (χ4v) is 4.60. The molecule has 1 aliphatic rings. The largest absolute Gasteiger partial charge is 0.497 e.